The van der Waals surface area contributed by atoms with Crippen LogP contribution in [0.1, 0.15) is 53.4 Å². The quantitative estimate of drug-likeness (QED) is 0.578. The number of hydrogen-bond acceptors (Lipinski definition) is 5. The molecule has 1 atom stereocenters. The average molecular weight is 431 g/mol. The molecule has 0 bridgehead atoms. The smallest absolute Gasteiger partial charge is 0.303 e. The van der Waals surface area contributed by atoms with E-state index in [0.29, 0.717) is 22.0 Å². The van der Waals surface area contributed by atoms with Crippen molar-refractivity contribution in [2.24, 2.45) is 5.92 Å². The summed E-state index contributed by atoms with van der Waals surface area (Å²) in [5.74, 6) is -1.23. The van der Waals surface area contributed by atoms with Crippen molar-refractivity contribution in [3.05, 3.63) is 40.3 Å². The lowest BCUT2D eigenvalue weighted by Gasteiger charge is -2.15. The number of aryl methyl sites for hydroxylation is 1. The Morgan fingerprint density at radius 1 is 1.13 bits per heavy atom. The van der Waals surface area contributed by atoms with Crippen molar-refractivity contribution in [2.45, 2.75) is 45.4 Å². The number of ether oxygens (including phenoxy) is 1. The molecule has 3 N–H and O–H groups in total. The number of hydrogen-bond donors (Lipinski definition) is 3. The second-order valence-electron chi connectivity index (χ2n) is 7.52. The summed E-state index contributed by atoms with van der Waals surface area (Å²) >= 11 is 1.44. The minimum absolute atomic E-state index is 0.0739. The number of fused-ring (bicyclic) bond motifs is 1. The Morgan fingerprint density at radius 3 is 2.60 bits per heavy atom. The molecule has 2 aromatic rings. The van der Waals surface area contributed by atoms with Crippen LogP contribution in [0.25, 0.3) is 0 Å². The minimum atomic E-state index is -0.932. The van der Waals surface area contributed by atoms with Crippen LogP contribution in [-0.2, 0) is 22.4 Å². The van der Waals surface area contributed by atoms with Crippen molar-refractivity contribution < 1.29 is 24.2 Å². The van der Waals surface area contributed by atoms with Gasteiger partial charge in [-0.15, -0.1) is 11.3 Å². The molecule has 0 saturated heterocycles. The number of benzene rings is 1. The number of carbonyl (C=O) groups is 3. The van der Waals surface area contributed by atoms with E-state index in [1.54, 1.807) is 26.2 Å². The molecule has 1 aliphatic rings. The SMILES string of the molecule is COc1ccccc1NC(=O)c1c(NC(=O)C[C@H](C)CC(=O)O)sc2c1CCCC2. The van der Waals surface area contributed by atoms with Gasteiger partial charge in [-0.1, -0.05) is 19.1 Å². The molecule has 1 aromatic heterocycles. The molecule has 0 saturated carbocycles. The molecule has 0 radical (unpaired) electrons. The monoisotopic (exact) mass is 430 g/mol. The number of methoxy groups -OCH3 is 1. The molecule has 0 aliphatic heterocycles. The number of thiophene rings is 1. The third-order valence-electron chi connectivity index (χ3n) is 5.06. The lowest BCUT2D eigenvalue weighted by Crippen LogP contribution is -2.20. The summed E-state index contributed by atoms with van der Waals surface area (Å²) in [6, 6.07) is 7.17. The number of para-hydroxylation sites is 2. The molecule has 160 valence electrons. The zero-order valence-electron chi connectivity index (χ0n) is 17.1. The fourth-order valence-electron chi connectivity index (χ4n) is 3.69. The van der Waals surface area contributed by atoms with Crippen molar-refractivity contribution >= 4 is 39.8 Å². The first-order valence-electron chi connectivity index (χ1n) is 9.99. The number of amides is 2. The van der Waals surface area contributed by atoms with Gasteiger partial charge in [0.2, 0.25) is 5.91 Å². The van der Waals surface area contributed by atoms with Gasteiger partial charge in [0, 0.05) is 17.7 Å². The fraction of sp³-hybridized carbons (Fsp3) is 0.409. The van der Waals surface area contributed by atoms with Crippen LogP contribution in [0.5, 0.6) is 5.75 Å². The molecule has 2 amide bonds. The predicted molar refractivity (Wildman–Crippen MR) is 117 cm³/mol. The van der Waals surface area contributed by atoms with Crippen LogP contribution >= 0.6 is 11.3 Å². The van der Waals surface area contributed by atoms with E-state index < -0.39 is 5.97 Å². The van der Waals surface area contributed by atoms with E-state index in [1.165, 1.54) is 11.3 Å². The second-order valence-corrected chi connectivity index (χ2v) is 8.63. The summed E-state index contributed by atoms with van der Waals surface area (Å²) in [6.07, 6.45) is 3.76. The van der Waals surface area contributed by atoms with E-state index in [-0.39, 0.29) is 30.6 Å². The lowest BCUT2D eigenvalue weighted by molar-refractivity contribution is -0.138. The normalized spacial score (nSPS) is 13.8. The number of rotatable bonds is 8. The molecular formula is C22H26N2O5S. The van der Waals surface area contributed by atoms with Crippen LogP contribution in [0, 0.1) is 5.92 Å². The number of carboxylic acids is 1. The maximum Gasteiger partial charge on any atom is 0.303 e. The van der Waals surface area contributed by atoms with Crippen LogP contribution in [-0.4, -0.2) is 30.0 Å². The van der Waals surface area contributed by atoms with Crippen LogP contribution in [0.4, 0.5) is 10.7 Å². The maximum atomic E-state index is 13.2. The Kier molecular flexibility index (Phi) is 7.10. The van der Waals surface area contributed by atoms with E-state index in [4.69, 9.17) is 9.84 Å². The molecule has 3 rings (SSSR count). The standard InChI is InChI=1S/C22H26N2O5S/c1-13(12-19(26)27)11-18(25)24-22-20(14-7-3-6-10-17(14)30-22)21(28)23-15-8-4-5-9-16(15)29-2/h4-5,8-9,13H,3,6-7,10-12H2,1-2H3,(H,23,28)(H,24,25)(H,26,27)/t13-/m0/s1. The Labute approximate surface area is 179 Å². The molecule has 0 unspecified atom stereocenters. The molecule has 30 heavy (non-hydrogen) atoms. The topological polar surface area (TPSA) is 105 Å². The van der Waals surface area contributed by atoms with Gasteiger partial charge in [-0.25, -0.2) is 0 Å². The van der Waals surface area contributed by atoms with E-state index in [1.807, 2.05) is 12.1 Å². The van der Waals surface area contributed by atoms with Crippen LogP contribution < -0.4 is 15.4 Å². The molecule has 1 aliphatic carbocycles. The van der Waals surface area contributed by atoms with Gasteiger partial charge < -0.3 is 20.5 Å². The number of carboxylic acid groups (broad SMARTS) is 1. The number of nitrogens with one attached hydrogen (secondary N) is 2. The van der Waals surface area contributed by atoms with Crippen molar-refractivity contribution in [2.75, 3.05) is 17.7 Å². The summed E-state index contributed by atoms with van der Waals surface area (Å²) in [7, 11) is 1.54. The van der Waals surface area contributed by atoms with E-state index in [2.05, 4.69) is 10.6 Å². The number of aliphatic carboxylic acids is 1. The minimum Gasteiger partial charge on any atom is -0.495 e. The summed E-state index contributed by atoms with van der Waals surface area (Å²) in [5.41, 5.74) is 2.06. The number of carbonyl (C=O) groups excluding carboxylic acids is 2. The summed E-state index contributed by atoms with van der Waals surface area (Å²) in [5, 5.41) is 15.2. The Morgan fingerprint density at radius 2 is 1.87 bits per heavy atom. The van der Waals surface area contributed by atoms with Gasteiger partial charge in [-0.05, 0) is 49.3 Å². The highest BCUT2D eigenvalue weighted by Crippen LogP contribution is 2.39. The highest BCUT2D eigenvalue weighted by Gasteiger charge is 2.27. The van der Waals surface area contributed by atoms with Gasteiger partial charge in [0.1, 0.15) is 10.8 Å². The number of anilines is 2. The van der Waals surface area contributed by atoms with E-state index >= 15 is 0 Å². The van der Waals surface area contributed by atoms with Gasteiger partial charge in [0.15, 0.2) is 0 Å². The van der Waals surface area contributed by atoms with E-state index in [9.17, 15) is 14.4 Å². The van der Waals surface area contributed by atoms with Crippen LogP contribution in [0.3, 0.4) is 0 Å². The van der Waals surface area contributed by atoms with Gasteiger partial charge in [-0.3, -0.25) is 14.4 Å². The first-order valence-corrected chi connectivity index (χ1v) is 10.8. The maximum absolute atomic E-state index is 13.2. The highest BCUT2D eigenvalue weighted by molar-refractivity contribution is 7.17. The predicted octanol–water partition coefficient (Wildman–Crippen LogP) is 4.33. The molecule has 1 aromatic carbocycles. The van der Waals surface area contributed by atoms with Gasteiger partial charge in [0.25, 0.3) is 5.91 Å². The molecule has 0 spiro atoms. The highest BCUT2D eigenvalue weighted by atomic mass is 32.1. The Balaban J connectivity index is 1.84. The average Bonchev–Trinajstić information content (AvgIpc) is 3.05. The third-order valence-corrected chi connectivity index (χ3v) is 6.27. The van der Waals surface area contributed by atoms with Crippen molar-refractivity contribution in [1.29, 1.82) is 0 Å². The first-order chi connectivity index (χ1) is 14.4. The third kappa shape index (κ3) is 5.18. The summed E-state index contributed by atoms with van der Waals surface area (Å²) in [6.45, 7) is 1.72. The summed E-state index contributed by atoms with van der Waals surface area (Å²) < 4.78 is 5.32. The second kappa shape index (κ2) is 9.75. The molecule has 1 heterocycles. The summed E-state index contributed by atoms with van der Waals surface area (Å²) in [4.78, 5) is 37.7. The largest absolute Gasteiger partial charge is 0.495 e. The first kappa shape index (κ1) is 21.8. The van der Waals surface area contributed by atoms with Gasteiger partial charge in [-0.2, -0.15) is 0 Å². The molecule has 8 heteroatoms. The van der Waals surface area contributed by atoms with Crippen LogP contribution in [0.2, 0.25) is 0 Å². The van der Waals surface area contributed by atoms with Crippen molar-refractivity contribution in [3.63, 3.8) is 0 Å². The van der Waals surface area contributed by atoms with Gasteiger partial charge in [0.05, 0.1) is 18.4 Å². The molecular weight excluding hydrogens is 404 g/mol. The molecule has 7 nitrogen and oxygen atoms in total. The van der Waals surface area contributed by atoms with Crippen molar-refractivity contribution in [3.8, 4) is 5.75 Å². The fourth-order valence-corrected chi connectivity index (χ4v) is 4.99. The Bertz CT molecular complexity index is 953. The zero-order chi connectivity index (χ0) is 21.7. The molecule has 0 fully saturated rings. The van der Waals surface area contributed by atoms with Crippen LogP contribution in [0.15, 0.2) is 24.3 Å². The lowest BCUT2D eigenvalue weighted by atomic mass is 9.95. The van der Waals surface area contributed by atoms with Crippen molar-refractivity contribution in [1.82, 2.24) is 0 Å². The Hall–Kier alpha value is -2.87. The van der Waals surface area contributed by atoms with Gasteiger partial charge >= 0.3 is 5.97 Å². The van der Waals surface area contributed by atoms with E-state index in [0.717, 1.165) is 36.1 Å². The zero-order valence-corrected chi connectivity index (χ0v) is 17.9.